The van der Waals surface area contributed by atoms with Gasteiger partial charge in [-0.05, 0) is 47.8 Å². The summed E-state index contributed by atoms with van der Waals surface area (Å²) < 4.78 is 29.0. The zero-order valence-electron chi connectivity index (χ0n) is 28.6. The first-order chi connectivity index (χ1) is 21.1. The molecule has 0 aromatic rings. The molecule has 14 nitrogen and oxygen atoms in total. The number of hydrogen-bond acceptors (Lipinski definition) is 7. The molecular formula is C31H55N7O7S. The van der Waals surface area contributed by atoms with Gasteiger partial charge in [-0.15, -0.1) is 0 Å². The highest BCUT2D eigenvalue weighted by Crippen LogP contribution is 2.35. The van der Waals surface area contributed by atoms with Crippen molar-refractivity contribution in [1.29, 1.82) is 0 Å². The maximum Gasteiger partial charge on any atom is 0.315 e. The maximum atomic E-state index is 14.3. The second-order valence-electron chi connectivity index (χ2n) is 15.6. The van der Waals surface area contributed by atoms with Crippen molar-refractivity contribution >= 4 is 39.7 Å². The van der Waals surface area contributed by atoms with Crippen LogP contribution in [0.2, 0.25) is 0 Å². The van der Waals surface area contributed by atoms with Crippen LogP contribution in [-0.2, 0) is 29.4 Å². The lowest BCUT2D eigenvalue weighted by Gasteiger charge is -2.39. The summed E-state index contributed by atoms with van der Waals surface area (Å²) >= 11 is 0. The number of rotatable bonds is 12. The molecule has 3 rings (SSSR count). The van der Waals surface area contributed by atoms with Crippen molar-refractivity contribution in [3.8, 4) is 0 Å². The lowest BCUT2D eigenvalue weighted by Crippen LogP contribution is -2.63. The number of nitrogens with one attached hydrogen (secondary N) is 4. The van der Waals surface area contributed by atoms with Gasteiger partial charge in [0.1, 0.15) is 12.1 Å². The molecular weight excluding hydrogens is 614 g/mol. The van der Waals surface area contributed by atoms with Gasteiger partial charge in [-0.3, -0.25) is 19.2 Å². The SMILES string of the molecule is CC(C)C1CCN(C(=O)[C@@H](NC(=O)NC(CN2CCCNS2(=O)=O)C(C)(C)C)C(C)(C)C)[C@@H]1C(=O)NC(CC1CC1)C(=O)C(N)=O. The quantitative estimate of drug-likeness (QED) is 0.190. The lowest BCUT2D eigenvalue weighted by molar-refractivity contribution is -0.144. The van der Waals surface area contributed by atoms with Gasteiger partial charge in [0.05, 0.1) is 6.04 Å². The van der Waals surface area contributed by atoms with Crippen LogP contribution in [0.15, 0.2) is 0 Å². The lowest BCUT2D eigenvalue weighted by atomic mass is 9.84. The molecule has 15 heteroatoms. The van der Waals surface area contributed by atoms with E-state index in [4.69, 9.17) is 5.73 Å². The fraction of sp³-hybridized carbons (Fsp3) is 0.839. The first-order valence-electron chi connectivity index (χ1n) is 16.4. The van der Waals surface area contributed by atoms with E-state index in [2.05, 4.69) is 20.7 Å². The van der Waals surface area contributed by atoms with Crippen molar-refractivity contribution in [2.75, 3.05) is 26.2 Å². The van der Waals surface area contributed by atoms with E-state index in [-0.39, 0.29) is 30.8 Å². The summed E-state index contributed by atoms with van der Waals surface area (Å²) in [7, 11) is -3.67. The van der Waals surface area contributed by atoms with Crippen molar-refractivity contribution < 1.29 is 32.4 Å². The number of nitrogens with two attached hydrogens (primary N) is 1. The van der Waals surface area contributed by atoms with E-state index in [0.717, 1.165) is 12.8 Å². The monoisotopic (exact) mass is 669 g/mol. The molecule has 0 spiro atoms. The van der Waals surface area contributed by atoms with Crippen LogP contribution in [0.25, 0.3) is 0 Å². The molecule has 0 radical (unpaired) electrons. The van der Waals surface area contributed by atoms with E-state index in [1.54, 1.807) is 0 Å². The van der Waals surface area contributed by atoms with Crippen molar-refractivity contribution in [2.45, 2.75) is 112 Å². The van der Waals surface area contributed by atoms with Crippen LogP contribution in [0.3, 0.4) is 0 Å². The van der Waals surface area contributed by atoms with E-state index in [0.29, 0.717) is 32.4 Å². The Hall–Kier alpha value is -2.78. The normalized spacial score (nSPS) is 24.2. The molecule has 5 amide bonds. The summed E-state index contributed by atoms with van der Waals surface area (Å²) in [6.45, 7) is 16.1. The Balaban J connectivity index is 1.82. The molecule has 0 aromatic carbocycles. The number of hydrogen-bond donors (Lipinski definition) is 5. The summed E-state index contributed by atoms with van der Waals surface area (Å²) in [4.78, 5) is 67.5. The van der Waals surface area contributed by atoms with Crippen molar-refractivity contribution in [3.63, 3.8) is 0 Å². The van der Waals surface area contributed by atoms with Crippen LogP contribution in [0.5, 0.6) is 0 Å². The van der Waals surface area contributed by atoms with Gasteiger partial charge < -0.3 is 26.6 Å². The Bertz CT molecular complexity index is 1270. The number of ketones is 1. The first-order valence-corrected chi connectivity index (χ1v) is 17.8. The zero-order valence-corrected chi connectivity index (χ0v) is 29.5. The van der Waals surface area contributed by atoms with Crippen molar-refractivity contribution in [1.82, 2.24) is 29.9 Å². The minimum Gasteiger partial charge on any atom is -0.363 e. The third-order valence-corrected chi connectivity index (χ3v) is 10.9. The van der Waals surface area contributed by atoms with Crippen molar-refractivity contribution in [2.24, 2.45) is 34.3 Å². The third kappa shape index (κ3) is 9.63. The number of amides is 5. The van der Waals surface area contributed by atoms with Gasteiger partial charge in [0, 0.05) is 32.2 Å². The van der Waals surface area contributed by atoms with E-state index in [1.807, 2.05) is 55.4 Å². The Morgan fingerprint density at radius 2 is 1.54 bits per heavy atom. The number of carbonyl (C=O) groups excluding carboxylic acids is 5. The largest absolute Gasteiger partial charge is 0.363 e. The fourth-order valence-electron chi connectivity index (χ4n) is 6.19. The van der Waals surface area contributed by atoms with Crippen LogP contribution >= 0.6 is 0 Å². The molecule has 2 heterocycles. The molecule has 3 aliphatic rings. The number of nitrogens with zero attached hydrogens (tertiary/aromatic N) is 2. The third-order valence-electron chi connectivity index (χ3n) is 9.33. The smallest absolute Gasteiger partial charge is 0.315 e. The van der Waals surface area contributed by atoms with Crippen LogP contribution in [0, 0.1) is 28.6 Å². The summed E-state index contributed by atoms with van der Waals surface area (Å²) in [5.41, 5.74) is 4.00. The maximum absolute atomic E-state index is 14.3. The Morgan fingerprint density at radius 1 is 0.913 bits per heavy atom. The molecule has 1 aliphatic carbocycles. The van der Waals surface area contributed by atoms with Gasteiger partial charge in [0.25, 0.3) is 16.1 Å². The van der Waals surface area contributed by atoms with Crippen LogP contribution in [0.1, 0.15) is 87.5 Å². The Morgan fingerprint density at radius 3 is 2.04 bits per heavy atom. The highest BCUT2D eigenvalue weighted by molar-refractivity contribution is 7.87. The van der Waals surface area contributed by atoms with Gasteiger partial charge in [-0.1, -0.05) is 68.2 Å². The van der Waals surface area contributed by atoms with Crippen LogP contribution in [0.4, 0.5) is 4.79 Å². The molecule has 46 heavy (non-hydrogen) atoms. The summed E-state index contributed by atoms with van der Waals surface area (Å²) in [6, 6.07) is -4.22. The van der Waals surface area contributed by atoms with Crippen LogP contribution < -0.4 is 26.4 Å². The van der Waals surface area contributed by atoms with Gasteiger partial charge in [-0.25, -0.2) is 9.52 Å². The van der Waals surface area contributed by atoms with Gasteiger partial charge in [0.2, 0.25) is 17.6 Å². The van der Waals surface area contributed by atoms with Gasteiger partial charge >= 0.3 is 6.03 Å². The van der Waals surface area contributed by atoms with E-state index < -0.39 is 74.7 Å². The molecule has 0 aromatic heterocycles. The highest BCUT2D eigenvalue weighted by Gasteiger charge is 2.48. The van der Waals surface area contributed by atoms with Gasteiger partial charge in [-0.2, -0.15) is 12.7 Å². The molecule has 5 atom stereocenters. The standard InChI is InChI=1S/C31H55N7O7S/c1-18(2)20-12-15-38(23(20)27(41)34-21(16-19-10-11-19)24(39)26(32)40)28(42)25(31(6,7)8)36-29(43)35-22(30(3,4)5)17-37-14-9-13-33-46(37,44)45/h18-23,25,33H,9-17H2,1-8H3,(H2,32,40)(H,34,41)(H2,35,36,43)/t20?,21?,22?,23-,25+/m0/s1. The average Bonchev–Trinajstić information content (AvgIpc) is 3.62. The zero-order chi connectivity index (χ0) is 34.8. The van der Waals surface area contributed by atoms with Crippen LogP contribution in [-0.4, -0.2) is 97.5 Å². The molecule has 262 valence electrons. The van der Waals surface area contributed by atoms with E-state index in [1.165, 1.54) is 9.21 Å². The molecule has 2 saturated heterocycles. The predicted molar refractivity (Wildman–Crippen MR) is 173 cm³/mol. The van der Waals surface area contributed by atoms with Gasteiger partial charge in [0.15, 0.2) is 0 Å². The molecule has 3 fully saturated rings. The molecule has 2 aliphatic heterocycles. The number of Topliss-reactive ketones (excluding diaryl/α,β-unsaturated/α-hetero) is 1. The predicted octanol–water partition coefficient (Wildman–Crippen LogP) is 0.868. The number of urea groups is 1. The molecule has 1 saturated carbocycles. The molecule has 3 unspecified atom stereocenters. The summed E-state index contributed by atoms with van der Waals surface area (Å²) in [6.07, 6.45) is 3.32. The number of carbonyl (C=O) groups is 5. The Labute approximate surface area is 273 Å². The highest BCUT2D eigenvalue weighted by atomic mass is 32.2. The summed E-state index contributed by atoms with van der Waals surface area (Å²) in [5, 5.41) is 8.49. The second kappa shape index (κ2) is 14.5. The van der Waals surface area contributed by atoms with E-state index >= 15 is 0 Å². The second-order valence-corrected chi connectivity index (χ2v) is 17.3. The fourth-order valence-corrected chi connectivity index (χ4v) is 7.49. The Kier molecular flexibility index (Phi) is 11.9. The average molecular weight is 670 g/mol. The topological polar surface area (TPSA) is 200 Å². The number of primary amides is 1. The molecule has 6 N–H and O–H groups in total. The first kappa shape index (κ1) is 37.7. The molecule has 0 bridgehead atoms. The van der Waals surface area contributed by atoms with Crippen molar-refractivity contribution in [3.05, 3.63) is 0 Å². The summed E-state index contributed by atoms with van der Waals surface area (Å²) in [5.74, 6) is -2.89. The minimum absolute atomic E-state index is 0.0275. The minimum atomic E-state index is -3.67. The number of likely N-dealkylation sites (tertiary alicyclic amines) is 1. The van der Waals surface area contributed by atoms with E-state index in [9.17, 15) is 32.4 Å².